The fourth-order valence-corrected chi connectivity index (χ4v) is 7.52. The van der Waals surface area contributed by atoms with Crippen molar-refractivity contribution in [3.05, 3.63) is 115 Å². The summed E-state index contributed by atoms with van der Waals surface area (Å²) in [5.41, 5.74) is 7.96. The molecule has 10 rings (SSSR count). The van der Waals surface area contributed by atoms with Crippen molar-refractivity contribution >= 4 is 71.4 Å². The van der Waals surface area contributed by atoms with Gasteiger partial charge in [0, 0.05) is 34.0 Å². The van der Waals surface area contributed by atoms with Crippen LogP contribution < -0.4 is 10.2 Å². The molecule has 0 saturated carbocycles. The van der Waals surface area contributed by atoms with E-state index in [1.807, 2.05) is 0 Å². The van der Waals surface area contributed by atoms with E-state index < -0.39 is 0 Å². The highest BCUT2D eigenvalue weighted by atomic mass is 16.3. The summed E-state index contributed by atoms with van der Waals surface area (Å²) in [7, 11) is 2.22. The molecule has 1 N–H and O–H groups in total. The summed E-state index contributed by atoms with van der Waals surface area (Å²) >= 11 is 0. The second kappa shape index (κ2) is 7.49. The van der Waals surface area contributed by atoms with Crippen molar-refractivity contribution in [2.24, 2.45) is 0 Å². The van der Waals surface area contributed by atoms with Gasteiger partial charge in [0.05, 0.1) is 28.8 Å². The highest BCUT2D eigenvalue weighted by molar-refractivity contribution is 6.31. The minimum Gasteiger partial charge on any atom is -0.456 e. The Kier molecular flexibility index (Phi) is 3.94. The van der Waals surface area contributed by atoms with Crippen LogP contribution in [-0.2, 0) is 0 Å². The summed E-state index contributed by atoms with van der Waals surface area (Å²) in [6.07, 6.45) is 8.86. The van der Waals surface area contributed by atoms with Gasteiger partial charge in [-0.3, -0.25) is 4.40 Å². The number of benzene rings is 5. The molecule has 2 unspecified atom stereocenters. The first-order valence-electron chi connectivity index (χ1n) is 14.3. The highest BCUT2D eigenvalue weighted by Gasteiger charge is 2.35. The van der Waals surface area contributed by atoms with Crippen LogP contribution in [0.3, 0.4) is 0 Å². The van der Waals surface area contributed by atoms with Gasteiger partial charge < -0.3 is 14.6 Å². The number of furan rings is 1. The molecular weight excluding hydrogens is 502 g/mol. The fraction of sp³-hybridized carbons (Fsp3) is 0.0811. The first kappa shape index (κ1) is 21.6. The number of rotatable bonds is 1. The molecule has 0 amide bonds. The zero-order chi connectivity index (χ0) is 26.8. The minimum absolute atomic E-state index is 0.234. The topological polar surface area (TPSA) is 32.8 Å². The Balaban J connectivity index is 1.24. The number of nitrogens with one attached hydrogen (secondary N) is 1. The Hall–Kier alpha value is -5.22. The molecule has 0 radical (unpaired) electrons. The van der Waals surface area contributed by atoms with Crippen LogP contribution in [0.2, 0.25) is 0 Å². The van der Waals surface area contributed by atoms with Crippen LogP contribution in [0.25, 0.3) is 71.0 Å². The van der Waals surface area contributed by atoms with Gasteiger partial charge in [-0.25, -0.2) is 0 Å². The summed E-state index contributed by atoms with van der Waals surface area (Å²) < 4.78 is 8.99. The van der Waals surface area contributed by atoms with Gasteiger partial charge in [0.15, 0.2) is 0 Å². The quantitative estimate of drug-likeness (QED) is 0.231. The van der Waals surface area contributed by atoms with Crippen LogP contribution >= 0.6 is 0 Å². The number of allylic oxidation sites excluding steroid dienone is 2. The van der Waals surface area contributed by atoms with Gasteiger partial charge in [0.1, 0.15) is 17.0 Å². The molecule has 1 aliphatic carbocycles. The van der Waals surface area contributed by atoms with Crippen LogP contribution in [-0.4, -0.2) is 23.5 Å². The molecule has 4 nitrogen and oxygen atoms in total. The standard InChI is InChI=1S/C37H25N3O/c1-39-29-12-5-4-11-28(29)38-37-36(39)27-10-6-9-26-33-30(40(37)35(26)27)17-18-31-34(33)25-16-15-24(20-32(25)41-31)23-14-13-21-7-2-3-8-22(21)19-23/h2-20,28-29,38H,1H3. The molecule has 8 aromatic rings. The third kappa shape index (κ3) is 2.69. The van der Waals surface area contributed by atoms with Crippen molar-refractivity contribution in [1.29, 1.82) is 0 Å². The van der Waals surface area contributed by atoms with E-state index >= 15 is 0 Å². The van der Waals surface area contributed by atoms with Crippen LogP contribution in [0.1, 0.15) is 0 Å². The molecule has 0 saturated heterocycles. The second-order valence-electron chi connectivity index (χ2n) is 11.5. The van der Waals surface area contributed by atoms with Gasteiger partial charge in [-0.15, -0.1) is 0 Å². The Morgan fingerprint density at radius 3 is 2.46 bits per heavy atom. The van der Waals surface area contributed by atoms with Crippen molar-refractivity contribution in [3.8, 4) is 11.1 Å². The lowest BCUT2D eigenvalue weighted by Gasteiger charge is -2.40. The van der Waals surface area contributed by atoms with Crippen LogP contribution in [0.15, 0.2) is 120 Å². The molecule has 5 aromatic carbocycles. The lowest BCUT2D eigenvalue weighted by molar-refractivity contribution is 0.668. The van der Waals surface area contributed by atoms with Crippen LogP contribution in [0, 0.1) is 0 Å². The maximum atomic E-state index is 6.55. The number of para-hydroxylation sites is 1. The van der Waals surface area contributed by atoms with Gasteiger partial charge >= 0.3 is 0 Å². The van der Waals surface area contributed by atoms with E-state index in [0.717, 1.165) is 22.1 Å². The molecule has 0 bridgehead atoms. The first-order chi connectivity index (χ1) is 20.2. The number of anilines is 2. The van der Waals surface area contributed by atoms with Crippen molar-refractivity contribution in [2.75, 3.05) is 17.3 Å². The number of hydrogen-bond donors (Lipinski definition) is 1. The summed E-state index contributed by atoms with van der Waals surface area (Å²) in [6, 6.07) is 33.5. The summed E-state index contributed by atoms with van der Waals surface area (Å²) in [5, 5.41) is 12.5. The van der Waals surface area contributed by atoms with E-state index in [-0.39, 0.29) is 6.04 Å². The molecule has 0 fully saturated rings. The van der Waals surface area contributed by atoms with Crippen molar-refractivity contribution in [3.63, 3.8) is 0 Å². The Bertz CT molecular complexity index is 2440. The molecular formula is C37H25N3O. The van der Waals surface area contributed by atoms with Gasteiger partial charge in [-0.1, -0.05) is 85.0 Å². The molecule has 41 heavy (non-hydrogen) atoms. The molecule has 0 spiro atoms. The number of nitrogens with zero attached hydrogens (tertiary/aromatic N) is 2. The molecule has 2 atom stereocenters. The van der Waals surface area contributed by atoms with E-state index in [4.69, 9.17) is 4.42 Å². The summed E-state index contributed by atoms with van der Waals surface area (Å²) in [4.78, 5) is 2.43. The van der Waals surface area contributed by atoms with Gasteiger partial charge in [0.2, 0.25) is 0 Å². The summed E-state index contributed by atoms with van der Waals surface area (Å²) in [6.45, 7) is 0. The molecule has 2 aliphatic rings. The van der Waals surface area contributed by atoms with Crippen molar-refractivity contribution in [1.82, 2.24) is 4.40 Å². The van der Waals surface area contributed by atoms with E-state index in [0.29, 0.717) is 6.04 Å². The van der Waals surface area contributed by atoms with Gasteiger partial charge in [-0.2, -0.15) is 0 Å². The molecule has 3 aromatic heterocycles. The Morgan fingerprint density at radius 1 is 0.683 bits per heavy atom. The molecule has 4 heteroatoms. The minimum atomic E-state index is 0.234. The number of aromatic nitrogens is 1. The maximum absolute atomic E-state index is 6.55. The first-order valence-corrected chi connectivity index (χ1v) is 14.3. The zero-order valence-corrected chi connectivity index (χ0v) is 22.4. The Labute approximate surface area is 235 Å². The smallest absolute Gasteiger partial charge is 0.136 e. The van der Waals surface area contributed by atoms with E-state index in [1.54, 1.807) is 0 Å². The average Bonchev–Trinajstić information content (AvgIpc) is 3.67. The number of fused-ring (bicyclic) bond motifs is 12. The molecule has 194 valence electrons. The molecule has 1 aliphatic heterocycles. The van der Waals surface area contributed by atoms with E-state index in [2.05, 4.69) is 137 Å². The second-order valence-corrected chi connectivity index (χ2v) is 11.5. The normalized spacial score (nSPS) is 18.3. The van der Waals surface area contributed by atoms with Crippen molar-refractivity contribution < 1.29 is 4.42 Å². The van der Waals surface area contributed by atoms with E-state index in [1.165, 1.54) is 60.4 Å². The molecule has 4 heterocycles. The van der Waals surface area contributed by atoms with Crippen molar-refractivity contribution in [2.45, 2.75) is 12.1 Å². The monoisotopic (exact) mass is 527 g/mol. The fourth-order valence-electron chi connectivity index (χ4n) is 7.52. The van der Waals surface area contributed by atoms with Crippen LogP contribution in [0.5, 0.6) is 0 Å². The lowest BCUT2D eigenvalue weighted by atomic mass is 9.97. The number of hydrogen-bond acceptors (Lipinski definition) is 3. The maximum Gasteiger partial charge on any atom is 0.136 e. The average molecular weight is 528 g/mol. The zero-order valence-electron chi connectivity index (χ0n) is 22.4. The Morgan fingerprint density at radius 2 is 1.51 bits per heavy atom. The van der Waals surface area contributed by atoms with Gasteiger partial charge in [0.25, 0.3) is 0 Å². The largest absolute Gasteiger partial charge is 0.456 e. The summed E-state index contributed by atoms with van der Waals surface area (Å²) in [5.74, 6) is 1.17. The predicted octanol–water partition coefficient (Wildman–Crippen LogP) is 9.13. The highest BCUT2D eigenvalue weighted by Crippen LogP contribution is 2.49. The van der Waals surface area contributed by atoms with E-state index in [9.17, 15) is 0 Å². The third-order valence-corrected chi connectivity index (χ3v) is 9.38. The lowest BCUT2D eigenvalue weighted by Crippen LogP contribution is -2.47. The van der Waals surface area contributed by atoms with Crippen LogP contribution in [0.4, 0.5) is 11.5 Å². The third-order valence-electron chi connectivity index (χ3n) is 9.38. The predicted molar refractivity (Wildman–Crippen MR) is 172 cm³/mol. The number of likely N-dealkylation sites (N-methyl/N-ethyl adjacent to an activating group) is 1. The van der Waals surface area contributed by atoms with Gasteiger partial charge in [-0.05, 0) is 52.2 Å². The SMILES string of the molecule is CN1c2c(n3c4ccc5oc6cc(-c7ccc8ccccc8c7)ccc6c5c4c4cccc2c43)NC2C=CC=CC21.